The summed E-state index contributed by atoms with van der Waals surface area (Å²) in [7, 11) is 1.68. The minimum atomic E-state index is -2.86. The van der Waals surface area contributed by atoms with Crippen molar-refractivity contribution in [2.75, 3.05) is 12.8 Å². The molecular formula is C19H19F2N5O2S. The number of carbonyl (C=O) groups excluding carboxylic acids is 1. The normalized spacial score (nSPS) is 10.9. The highest BCUT2D eigenvalue weighted by Gasteiger charge is 2.15. The van der Waals surface area contributed by atoms with E-state index in [0.29, 0.717) is 11.7 Å². The highest BCUT2D eigenvalue weighted by atomic mass is 32.2. The molecule has 0 aliphatic heterocycles. The maximum absolute atomic E-state index is 12.5. The SMILES string of the molecule is Cc1cccc(-n2nnnc2SCC(=O)N(C)Cc2ccc(OC(F)F)cc2)c1. The molecule has 0 N–H and O–H groups in total. The van der Waals surface area contributed by atoms with E-state index in [2.05, 4.69) is 20.3 Å². The minimum absolute atomic E-state index is 0.0799. The molecule has 0 saturated carbocycles. The van der Waals surface area contributed by atoms with Gasteiger partial charge in [-0.1, -0.05) is 36.0 Å². The zero-order valence-electron chi connectivity index (χ0n) is 15.8. The van der Waals surface area contributed by atoms with Crippen LogP contribution in [-0.4, -0.2) is 50.4 Å². The van der Waals surface area contributed by atoms with Crippen LogP contribution in [0.3, 0.4) is 0 Å². The summed E-state index contributed by atoms with van der Waals surface area (Å²) in [5, 5.41) is 12.2. The first kappa shape index (κ1) is 20.7. The van der Waals surface area contributed by atoms with Crippen molar-refractivity contribution in [1.82, 2.24) is 25.1 Å². The van der Waals surface area contributed by atoms with E-state index in [9.17, 15) is 13.6 Å². The van der Waals surface area contributed by atoms with Crippen LogP contribution in [0.25, 0.3) is 5.69 Å². The van der Waals surface area contributed by atoms with Gasteiger partial charge in [-0.3, -0.25) is 4.79 Å². The van der Waals surface area contributed by atoms with Gasteiger partial charge in [0.05, 0.1) is 11.4 Å². The predicted molar refractivity (Wildman–Crippen MR) is 104 cm³/mol. The third kappa shape index (κ3) is 5.74. The van der Waals surface area contributed by atoms with Gasteiger partial charge in [0.15, 0.2) is 0 Å². The standard InChI is InChI=1S/C19H19F2N5O2S/c1-13-4-3-5-15(10-13)26-19(22-23-24-26)29-12-17(27)25(2)11-14-6-8-16(9-7-14)28-18(20)21/h3-10,18H,11-12H2,1-2H3. The third-order valence-electron chi connectivity index (χ3n) is 4.01. The summed E-state index contributed by atoms with van der Waals surface area (Å²) in [5.74, 6) is 0.132. The van der Waals surface area contributed by atoms with Gasteiger partial charge in [0, 0.05) is 13.6 Å². The Morgan fingerprint density at radius 3 is 2.69 bits per heavy atom. The van der Waals surface area contributed by atoms with Crippen molar-refractivity contribution in [2.24, 2.45) is 0 Å². The average Bonchev–Trinajstić information content (AvgIpc) is 3.16. The summed E-state index contributed by atoms with van der Waals surface area (Å²) in [4.78, 5) is 14.0. The molecule has 0 spiro atoms. The Morgan fingerprint density at radius 1 is 1.24 bits per heavy atom. The number of carbonyl (C=O) groups is 1. The predicted octanol–water partition coefficient (Wildman–Crippen LogP) is 3.32. The summed E-state index contributed by atoms with van der Waals surface area (Å²) >= 11 is 1.24. The summed E-state index contributed by atoms with van der Waals surface area (Å²) in [6.07, 6.45) is 0. The lowest BCUT2D eigenvalue weighted by Gasteiger charge is -2.17. The van der Waals surface area contributed by atoms with E-state index in [1.165, 1.54) is 23.9 Å². The zero-order valence-corrected chi connectivity index (χ0v) is 16.6. The molecule has 0 unspecified atom stereocenters. The van der Waals surface area contributed by atoms with Crippen LogP contribution in [0.2, 0.25) is 0 Å². The summed E-state index contributed by atoms with van der Waals surface area (Å²) in [5.41, 5.74) is 2.70. The van der Waals surface area contributed by atoms with Crippen molar-refractivity contribution in [2.45, 2.75) is 25.2 Å². The van der Waals surface area contributed by atoms with Gasteiger partial charge < -0.3 is 9.64 Å². The van der Waals surface area contributed by atoms with Crippen LogP contribution in [0.4, 0.5) is 8.78 Å². The Labute approximate surface area is 170 Å². The lowest BCUT2D eigenvalue weighted by Crippen LogP contribution is -2.27. The molecule has 10 heteroatoms. The van der Waals surface area contributed by atoms with Gasteiger partial charge in [-0.25, -0.2) is 0 Å². The number of hydrogen-bond donors (Lipinski definition) is 0. The molecule has 29 heavy (non-hydrogen) atoms. The van der Waals surface area contributed by atoms with Crippen molar-refractivity contribution < 1.29 is 18.3 Å². The molecule has 0 radical (unpaired) electrons. The smallest absolute Gasteiger partial charge is 0.387 e. The molecular weight excluding hydrogens is 400 g/mol. The second-order valence-corrected chi connectivity index (χ2v) is 7.22. The Hall–Kier alpha value is -3.01. The second kappa shape index (κ2) is 9.46. The van der Waals surface area contributed by atoms with Gasteiger partial charge >= 0.3 is 6.61 Å². The van der Waals surface area contributed by atoms with Crippen LogP contribution in [0.1, 0.15) is 11.1 Å². The van der Waals surface area contributed by atoms with Gasteiger partial charge in [-0.2, -0.15) is 13.5 Å². The molecule has 0 aliphatic carbocycles. The second-order valence-electron chi connectivity index (χ2n) is 6.27. The average molecular weight is 419 g/mol. The quantitative estimate of drug-likeness (QED) is 0.522. The van der Waals surface area contributed by atoms with Crippen LogP contribution >= 0.6 is 11.8 Å². The van der Waals surface area contributed by atoms with E-state index in [-0.39, 0.29) is 17.4 Å². The molecule has 3 aromatic rings. The lowest BCUT2D eigenvalue weighted by atomic mass is 10.2. The lowest BCUT2D eigenvalue weighted by molar-refractivity contribution is -0.127. The first-order valence-electron chi connectivity index (χ1n) is 8.68. The summed E-state index contributed by atoms with van der Waals surface area (Å²) in [6.45, 7) is -0.541. The topological polar surface area (TPSA) is 73.1 Å². The Balaban J connectivity index is 1.56. The molecule has 3 rings (SSSR count). The maximum atomic E-state index is 12.5. The van der Waals surface area contributed by atoms with Crippen LogP contribution in [0, 0.1) is 6.92 Å². The highest BCUT2D eigenvalue weighted by Crippen LogP contribution is 2.20. The number of ether oxygens (including phenoxy) is 1. The zero-order chi connectivity index (χ0) is 20.8. The van der Waals surface area contributed by atoms with Gasteiger partial charge in [-0.05, 0) is 52.7 Å². The number of aromatic nitrogens is 4. The largest absolute Gasteiger partial charge is 0.435 e. The Kier molecular flexibility index (Phi) is 6.76. The van der Waals surface area contributed by atoms with Crippen molar-refractivity contribution in [3.8, 4) is 11.4 Å². The van der Waals surface area contributed by atoms with E-state index in [0.717, 1.165) is 16.8 Å². The fourth-order valence-corrected chi connectivity index (χ4v) is 3.40. The summed E-state index contributed by atoms with van der Waals surface area (Å²) in [6, 6.07) is 13.9. The van der Waals surface area contributed by atoms with E-state index >= 15 is 0 Å². The van der Waals surface area contributed by atoms with Crippen LogP contribution in [0.15, 0.2) is 53.7 Å². The fraction of sp³-hybridized carbons (Fsp3) is 0.263. The van der Waals surface area contributed by atoms with E-state index < -0.39 is 6.61 Å². The molecule has 2 aromatic carbocycles. The number of nitrogens with zero attached hydrogens (tertiary/aromatic N) is 5. The Bertz CT molecular complexity index is 965. The Morgan fingerprint density at radius 2 is 2.00 bits per heavy atom. The van der Waals surface area contributed by atoms with Crippen LogP contribution in [0.5, 0.6) is 5.75 Å². The van der Waals surface area contributed by atoms with Crippen LogP contribution in [-0.2, 0) is 11.3 Å². The molecule has 0 aliphatic rings. The van der Waals surface area contributed by atoms with Crippen molar-refractivity contribution >= 4 is 17.7 Å². The van der Waals surface area contributed by atoms with Crippen molar-refractivity contribution in [3.63, 3.8) is 0 Å². The number of tetrazole rings is 1. The number of halogens is 2. The number of rotatable bonds is 8. The van der Waals surface area contributed by atoms with Gasteiger partial charge in [0.1, 0.15) is 5.75 Å². The van der Waals surface area contributed by atoms with Crippen LogP contribution < -0.4 is 4.74 Å². The molecule has 0 bridgehead atoms. The van der Waals surface area contributed by atoms with Gasteiger partial charge in [-0.15, -0.1) is 5.10 Å². The number of hydrogen-bond acceptors (Lipinski definition) is 6. The minimum Gasteiger partial charge on any atom is -0.435 e. The molecule has 0 fully saturated rings. The van der Waals surface area contributed by atoms with E-state index in [1.54, 1.807) is 28.8 Å². The molecule has 7 nitrogen and oxygen atoms in total. The molecule has 0 atom stereocenters. The number of alkyl halides is 2. The molecule has 1 aromatic heterocycles. The number of thioether (sulfide) groups is 1. The highest BCUT2D eigenvalue weighted by molar-refractivity contribution is 7.99. The van der Waals surface area contributed by atoms with Crippen molar-refractivity contribution in [1.29, 1.82) is 0 Å². The van der Waals surface area contributed by atoms with Gasteiger partial charge in [0.25, 0.3) is 0 Å². The fourth-order valence-electron chi connectivity index (χ4n) is 2.57. The third-order valence-corrected chi connectivity index (χ3v) is 4.91. The van der Waals surface area contributed by atoms with E-state index in [4.69, 9.17) is 0 Å². The first-order chi connectivity index (χ1) is 13.9. The molecule has 1 heterocycles. The van der Waals surface area contributed by atoms with Crippen molar-refractivity contribution in [3.05, 3.63) is 59.7 Å². The monoisotopic (exact) mass is 419 g/mol. The first-order valence-corrected chi connectivity index (χ1v) is 9.67. The van der Waals surface area contributed by atoms with Gasteiger partial charge in [0.2, 0.25) is 11.1 Å². The molecule has 0 saturated heterocycles. The molecule has 1 amide bonds. The van der Waals surface area contributed by atoms with E-state index in [1.807, 2.05) is 31.2 Å². The molecule has 152 valence electrons. The maximum Gasteiger partial charge on any atom is 0.387 e. The number of benzene rings is 2. The number of amides is 1. The summed E-state index contributed by atoms with van der Waals surface area (Å²) < 4.78 is 30.3. The number of aryl methyl sites for hydroxylation is 1.